The van der Waals surface area contributed by atoms with Crippen LogP contribution in [0.2, 0.25) is 0 Å². The van der Waals surface area contributed by atoms with Gasteiger partial charge in [0, 0.05) is 40.8 Å². The fraction of sp³-hybridized carbons (Fsp3) is 0.115. The second-order valence-electron chi connectivity index (χ2n) is 7.71. The van der Waals surface area contributed by atoms with Gasteiger partial charge in [-0.2, -0.15) is 0 Å². The molecule has 1 aliphatic heterocycles. The summed E-state index contributed by atoms with van der Waals surface area (Å²) >= 11 is 1.61. The Labute approximate surface area is 190 Å². The van der Waals surface area contributed by atoms with Crippen LogP contribution in [0.15, 0.2) is 90.3 Å². The van der Waals surface area contributed by atoms with E-state index in [1.165, 1.54) is 0 Å². The minimum Gasteiger partial charge on any atom is -0.326 e. The third kappa shape index (κ3) is 4.18. The van der Waals surface area contributed by atoms with Gasteiger partial charge < -0.3 is 10.2 Å². The Morgan fingerprint density at radius 1 is 0.906 bits per heavy atom. The van der Waals surface area contributed by atoms with E-state index < -0.39 is 0 Å². The first-order valence-electron chi connectivity index (χ1n) is 10.4. The highest BCUT2D eigenvalue weighted by Gasteiger charge is 2.35. The van der Waals surface area contributed by atoms with Crippen molar-refractivity contribution in [2.24, 2.45) is 5.92 Å². The van der Waals surface area contributed by atoms with Gasteiger partial charge in [0.05, 0.1) is 11.6 Å². The van der Waals surface area contributed by atoms with E-state index in [-0.39, 0.29) is 24.2 Å². The zero-order valence-corrected chi connectivity index (χ0v) is 18.1. The maximum absolute atomic E-state index is 12.8. The van der Waals surface area contributed by atoms with Gasteiger partial charge in [-0.3, -0.25) is 9.59 Å². The molecule has 0 spiro atoms. The maximum Gasteiger partial charge on any atom is 0.229 e. The molecule has 32 heavy (non-hydrogen) atoms. The molecule has 2 amide bonds. The summed E-state index contributed by atoms with van der Waals surface area (Å²) < 4.78 is 0. The fourth-order valence-corrected chi connectivity index (χ4v) is 4.66. The first-order chi connectivity index (χ1) is 15.7. The molecule has 0 saturated carbocycles. The lowest BCUT2D eigenvalue weighted by Crippen LogP contribution is -2.28. The van der Waals surface area contributed by atoms with Crippen LogP contribution in [0.5, 0.6) is 0 Å². The molecule has 0 aliphatic carbocycles. The van der Waals surface area contributed by atoms with Gasteiger partial charge in [0.15, 0.2) is 0 Å². The van der Waals surface area contributed by atoms with Gasteiger partial charge in [0.1, 0.15) is 5.01 Å². The summed E-state index contributed by atoms with van der Waals surface area (Å²) in [6.45, 7) is 0.397. The van der Waals surface area contributed by atoms with E-state index in [0.29, 0.717) is 12.2 Å². The zero-order valence-electron chi connectivity index (χ0n) is 17.3. The molecule has 0 bridgehead atoms. The Kier molecular flexibility index (Phi) is 5.52. The molecule has 2 heterocycles. The van der Waals surface area contributed by atoms with E-state index in [1.807, 2.05) is 90.3 Å². The van der Waals surface area contributed by atoms with Gasteiger partial charge in [0.2, 0.25) is 11.8 Å². The van der Waals surface area contributed by atoms with E-state index >= 15 is 0 Å². The van der Waals surface area contributed by atoms with Crippen LogP contribution in [0.3, 0.4) is 0 Å². The molecule has 1 aromatic heterocycles. The Morgan fingerprint density at radius 2 is 1.59 bits per heavy atom. The highest BCUT2D eigenvalue weighted by molar-refractivity contribution is 7.13. The summed E-state index contributed by atoms with van der Waals surface area (Å²) in [6.07, 6.45) is 0.222. The number of aromatic nitrogens is 1. The van der Waals surface area contributed by atoms with Crippen molar-refractivity contribution in [2.75, 3.05) is 16.8 Å². The molecule has 1 N–H and O–H groups in total. The van der Waals surface area contributed by atoms with Crippen molar-refractivity contribution in [3.63, 3.8) is 0 Å². The summed E-state index contributed by atoms with van der Waals surface area (Å²) in [6, 6.07) is 27.2. The zero-order chi connectivity index (χ0) is 21.9. The van der Waals surface area contributed by atoms with Crippen LogP contribution in [0, 0.1) is 5.92 Å². The predicted octanol–water partition coefficient (Wildman–Crippen LogP) is 5.47. The fourth-order valence-electron chi connectivity index (χ4n) is 3.83. The molecule has 0 unspecified atom stereocenters. The summed E-state index contributed by atoms with van der Waals surface area (Å²) in [5, 5.41) is 5.97. The molecule has 1 fully saturated rings. The topological polar surface area (TPSA) is 62.3 Å². The molecule has 1 aliphatic rings. The van der Waals surface area contributed by atoms with Gasteiger partial charge in [-0.05, 0) is 24.3 Å². The molecule has 3 aromatic carbocycles. The van der Waals surface area contributed by atoms with Crippen LogP contribution in [0.1, 0.15) is 6.42 Å². The Bertz CT molecular complexity index is 1240. The largest absolute Gasteiger partial charge is 0.326 e. The van der Waals surface area contributed by atoms with Gasteiger partial charge in [-0.1, -0.05) is 60.7 Å². The number of thiazole rings is 1. The van der Waals surface area contributed by atoms with E-state index in [0.717, 1.165) is 27.5 Å². The van der Waals surface area contributed by atoms with Crippen molar-refractivity contribution >= 4 is 34.5 Å². The van der Waals surface area contributed by atoms with Gasteiger partial charge in [-0.25, -0.2) is 4.98 Å². The third-order valence-electron chi connectivity index (χ3n) is 5.54. The van der Waals surface area contributed by atoms with Crippen molar-refractivity contribution in [3.05, 3.63) is 90.3 Å². The van der Waals surface area contributed by atoms with E-state index in [9.17, 15) is 9.59 Å². The average Bonchev–Trinajstić information content (AvgIpc) is 3.48. The quantitative estimate of drug-likeness (QED) is 0.449. The summed E-state index contributed by atoms with van der Waals surface area (Å²) in [5.41, 5.74) is 4.54. The number of para-hydroxylation sites is 1. The average molecular weight is 440 g/mol. The number of anilines is 2. The number of nitrogens with one attached hydrogen (secondary N) is 1. The number of carbonyl (C=O) groups excluding carboxylic acids is 2. The van der Waals surface area contributed by atoms with Crippen molar-refractivity contribution < 1.29 is 9.59 Å². The number of rotatable bonds is 5. The Balaban J connectivity index is 1.24. The normalized spacial score (nSPS) is 15.7. The lowest BCUT2D eigenvalue weighted by atomic mass is 10.1. The van der Waals surface area contributed by atoms with Crippen LogP contribution in [-0.4, -0.2) is 23.3 Å². The number of hydrogen-bond donors (Lipinski definition) is 1. The lowest BCUT2D eigenvalue weighted by molar-refractivity contribution is -0.122. The number of carbonyl (C=O) groups is 2. The van der Waals surface area contributed by atoms with Crippen molar-refractivity contribution in [2.45, 2.75) is 6.42 Å². The summed E-state index contributed by atoms with van der Waals surface area (Å²) in [5.74, 6) is -0.525. The minimum atomic E-state index is -0.366. The molecule has 4 aromatic rings. The molecular weight excluding hydrogens is 418 g/mol. The van der Waals surface area contributed by atoms with Gasteiger partial charge >= 0.3 is 0 Å². The van der Waals surface area contributed by atoms with Crippen molar-refractivity contribution in [1.82, 2.24) is 4.98 Å². The number of nitrogens with zero attached hydrogens (tertiary/aromatic N) is 2. The van der Waals surface area contributed by atoms with Crippen molar-refractivity contribution in [1.29, 1.82) is 0 Å². The van der Waals surface area contributed by atoms with Crippen molar-refractivity contribution in [3.8, 4) is 21.8 Å². The molecular formula is C26H21N3O2S. The molecule has 6 heteroatoms. The molecule has 1 atom stereocenters. The van der Waals surface area contributed by atoms with E-state index in [1.54, 1.807) is 16.2 Å². The first kappa shape index (κ1) is 20.2. The SMILES string of the molecule is O=C(Nc1ccc(-c2csc(-c3ccccc3)n2)cc1)[C@H]1CC(=O)N(c2ccccc2)C1. The Hall–Kier alpha value is -3.77. The molecule has 5 rings (SSSR count). The highest BCUT2D eigenvalue weighted by Crippen LogP contribution is 2.30. The second-order valence-corrected chi connectivity index (χ2v) is 8.57. The van der Waals surface area contributed by atoms with Crippen LogP contribution >= 0.6 is 11.3 Å². The van der Waals surface area contributed by atoms with Gasteiger partial charge in [0.25, 0.3) is 0 Å². The summed E-state index contributed by atoms with van der Waals surface area (Å²) in [7, 11) is 0. The van der Waals surface area contributed by atoms with E-state index in [2.05, 4.69) is 5.32 Å². The monoisotopic (exact) mass is 439 g/mol. The summed E-state index contributed by atoms with van der Waals surface area (Å²) in [4.78, 5) is 31.6. The maximum atomic E-state index is 12.8. The van der Waals surface area contributed by atoms with Crippen LogP contribution < -0.4 is 10.2 Å². The van der Waals surface area contributed by atoms with Crippen LogP contribution in [0.4, 0.5) is 11.4 Å². The molecule has 5 nitrogen and oxygen atoms in total. The molecule has 0 radical (unpaired) electrons. The molecule has 1 saturated heterocycles. The van der Waals surface area contributed by atoms with Crippen LogP contribution in [0.25, 0.3) is 21.8 Å². The number of hydrogen-bond acceptors (Lipinski definition) is 4. The number of amides is 2. The smallest absolute Gasteiger partial charge is 0.229 e. The predicted molar refractivity (Wildman–Crippen MR) is 129 cm³/mol. The van der Waals surface area contributed by atoms with Gasteiger partial charge in [-0.15, -0.1) is 11.3 Å². The first-order valence-corrected chi connectivity index (χ1v) is 11.3. The van der Waals surface area contributed by atoms with Crippen LogP contribution in [-0.2, 0) is 9.59 Å². The minimum absolute atomic E-state index is 0.0237. The van der Waals surface area contributed by atoms with E-state index in [4.69, 9.17) is 4.98 Å². The lowest BCUT2D eigenvalue weighted by Gasteiger charge is -2.16. The number of benzene rings is 3. The molecule has 158 valence electrons. The highest BCUT2D eigenvalue weighted by atomic mass is 32.1. The second kappa shape index (κ2) is 8.77. The standard InChI is InChI=1S/C26H21N3O2S/c30-24-15-20(16-29(24)22-9-5-2-6-10-22)25(31)27-21-13-11-18(12-14-21)23-17-32-26(28-23)19-7-3-1-4-8-19/h1-14,17,20H,15-16H2,(H,27,31)/t20-/m0/s1. The Morgan fingerprint density at radius 3 is 2.31 bits per heavy atom. The third-order valence-corrected chi connectivity index (χ3v) is 6.43.